The van der Waals surface area contributed by atoms with Crippen molar-refractivity contribution >= 4 is 43.1 Å². The molecule has 5 aromatic rings. The molecule has 1 aliphatic rings. The molecule has 1 aliphatic carbocycles. The van der Waals surface area contributed by atoms with E-state index < -0.39 is 9.84 Å². The second-order valence-corrected chi connectivity index (χ2v) is 10.5. The van der Waals surface area contributed by atoms with Gasteiger partial charge in [-0.3, -0.25) is 15.0 Å². The lowest BCUT2D eigenvalue weighted by Crippen LogP contribution is -2.00. The van der Waals surface area contributed by atoms with E-state index in [1.165, 1.54) is 36.2 Å². The molecule has 0 amide bonds. The van der Waals surface area contributed by atoms with Crippen LogP contribution in [-0.4, -0.2) is 34.2 Å². The molecule has 2 aromatic carbocycles. The average Bonchev–Trinajstić information content (AvgIpc) is 3.56. The highest BCUT2D eigenvalue weighted by atomic mass is 32.2. The highest BCUT2D eigenvalue weighted by molar-refractivity contribution is 7.90. The van der Waals surface area contributed by atoms with E-state index in [1.54, 1.807) is 24.7 Å². The summed E-state index contributed by atoms with van der Waals surface area (Å²) >= 11 is 0. The van der Waals surface area contributed by atoms with Gasteiger partial charge in [0.05, 0.1) is 27.8 Å². The number of sulfone groups is 1. The van der Waals surface area contributed by atoms with Crippen LogP contribution in [0, 0.1) is 0 Å². The molecule has 164 valence electrons. The van der Waals surface area contributed by atoms with Crippen LogP contribution in [0.3, 0.4) is 0 Å². The molecule has 1 fully saturated rings. The van der Waals surface area contributed by atoms with Gasteiger partial charge in [0.1, 0.15) is 0 Å². The molecule has 3 heterocycles. The molecule has 7 nitrogen and oxygen atoms in total. The summed E-state index contributed by atoms with van der Waals surface area (Å²) < 4.78 is 26.2. The zero-order valence-electron chi connectivity index (χ0n) is 17.9. The highest BCUT2D eigenvalue weighted by Crippen LogP contribution is 2.39. The van der Waals surface area contributed by atoms with E-state index in [-0.39, 0.29) is 4.90 Å². The number of anilines is 2. The Morgan fingerprint density at radius 3 is 2.64 bits per heavy atom. The molecule has 0 atom stereocenters. The van der Waals surface area contributed by atoms with Crippen molar-refractivity contribution in [3.05, 3.63) is 73.4 Å². The zero-order chi connectivity index (χ0) is 22.6. The van der Waals surface area contributed by atoms with Gasteiger partial charge in [0.15, 0.2) is 9.84 Å². The Hall–Kier alpha value is -3.78. The predicted octanol–water partition coefficient (Wildman–Crippen LogP) is 5.13. The number of hydrogen-bond acceptors (Lipinski definition) is 6. The molecule has 0 saturated heterocycles. The molecule has 8 heteroatoms. The van der Waals surface area contributed by atoms with Gasteiger partial charge in [0, 0.05) is 53.9 Å². The van der Waals surface area contributed by atoms with Crippen LogP contribution < -0.4 is 5.32 Å². The Morgan fingerprint density at radius 2 is 1.82 bits per heavy atom. The third kappa shape index (κ3) is 3.72. The van der Waals surface area contributed by atoms with E-state index in [1.807, 2.05) is 12.1 Å². The van der Waals surface area contributed by atoms with E-state index >= 15 is 0 Å². The zero-order valence-corrected chi connectivity index (χ0v) is 18.7. The van der Waals surface area contributed by atoms with Crippen molar-refractivity contribution in [1.29, 1.82) is 0 Å². The largest absolute Gasteiger partial charge is 0.354 e. The fraction of sp³-hybridized carbons (Fsp3) is 0.160. The van der Waals surface area contributed by atoms with Crippen molar-refractivity contribution in [2.45, 2.75) is 23.8 Å². The molecule has 6 rings (SSSR count). The normalized spacial score (nSPS) is 14.1. The van der Waals surface area contributed by atoms with E-state index in [0.29, 0.717) is 11.7 Å². The van der Waals surface area contributed by atoms with Gasteiger partial charge in [-0.25, -0.2) is 8.42 Å². The third-order valence-electron chi connectivity index (χ3n) is 5.98. The molecule has 0 radical (unpaired) electrons. The lowest BCUT2D eigenvalue weighted by Gasteiger charge is -2.13. The Morgan fingerprint density at radius 1 is 0.970 bits per heavy atom. The van der Waals surface area contributed by atoms with Crippen molar-refractivity contribution in [3.63, 3.8) is 0 Å². The Kier molecular flexibility index (Phi) is 4.45. The maximum Gasteiger partial charge on any atom is 0.177 e. The highest BCUT2D eigenvalue weighted by Gasteiger charge is 2.24. The minimum Gasteiger partial charge on any atom is -0.354 e. The van der Waals surface area contributed by atoms with Crippen molar-refractivity contribution in [1.82, 2.24) is 19.5 Å². The van der Waals surface area contributed by atoms with Crippen LogP contribution >= 0.6 is 0 Å². The van der Waals surface area contributed by atoms with Crippen LogP contribution in [0.15, 0.2) is 78.3 Å². The number of hydrogen-bond donors (Lipinski definition) is 1. The first kappa shape index (κ1) is 19.9. The van der Waals surface area contributed by atoms with Crippen LogP contribution in [0.2, 0.25) is 0 Å². The van der Waals surface area contributed by atoms with Crippen LogP contribution in [0.25, 0.3) is 33.1 Å². The summed E-state index contributed by atoms with van der Waals surface area (Å²) in [5, 5.41) is 4.51. The summed E-state index contributed by atoms with van der Waals surface area (Å²) in [5.41, 5.74) is 6.17. The molecule has 0 unspecified atom stereocenters. The smallest absolute Gasteiger partial charge is 0.177 e. The van der Waals surface area contributed by atoms with E-state index in [4.69, 9.17) is 0 Å². The van der Waals surface area contributed by atoms with Crippen LogP contribution in [0.4, 0.5) is 11.4 Å². The van der Waals surface area contributed by atoms with Crippen molar-refractivity contribution in [3.8, 4) is 11.1 Å². The minimum absolute atomic E-state index is 0.166. The molecular weight excluding hydrogens is 434 g/mol. The van der Waals surface area contributed by atoms with E-state index in [0.717, 1.165) is 27.8 Å². The monoisotopic (exact) mass is 455 g/mol. The van der Waals surface area contributed by atoms with Gasteiger partial charge in [-0.05, 0) is 54.1 Å². The lowest BCUT2D eigenvalue weighted by atomic mass is 10.0. The Labute approximate surface area is 191 Å². The standard InChI is InChI=1S/C25H21N5O2S/c1-33(31,32)21-11-19(14-26-15-21)29-18-12-22(25-23(13-18)27-7-8-28-25)17-3-2-16-6-9-30(20-4-5-20)24(16)10-17/h2-3,6-15,20,29H,4-5H2,1H3. The summed E-state index contributed by atoms with van der Waals surface area (Å²) in [6.07, 6.45) is 12.1. The number of rotatable bonds is 5. The predicted molar refractivity (Wildman–Crippen MR) is 129 cm³/mol. The van der Waals surface area contributed by atoms with Crippen LogP contribution in [-0.2, 0) is 9.84 Å². The van der Waals surface area contributed by atoms with Crippen molar-refractivity contribution < 1.29 is 8.42 Å². The molecule has 0 spiro atoms. The summed E-state index contributed by atoms with van der Waals surface area (Å²) in [5.74, 6) is 0. The second-order valence-electron chi connectivity index (χ2n) is 8.48. The number of pyridine rings is 1. The molecule has 1 N–H and O–H groups in total. The van der Waals surface area contributed by atoms with Gasteiger partial charge in [-0.1, -0.05) is 12.1 Å². The number of nitrogens with one attached hydrogen (secondary N) is 1. The summed E-state index contributed by atoms with van der Waals surface area (Å²) in [6.45, 7) is 0. The van der Waals surface area contributed by atoms with Gasteiger partial charge in [0.2, 0.25) is 0 Å². The van der Waals surface area contributed by atoms with Gasteiger partial charge in [-0.2, -0.15) is 0 Å². The first-order valence-corrected chi connectivity index (χ1v) is 12.6. The first-order chi connectivity index (χ1) is 16.0. The van der Waals surface area contributed by atoms with Crippen LogP contribution in [0.1, 0.15) is 18.9 Å². The third-order valence-corrected chi connectivity index (χ3v) is 7.06. The molecular formula is C25H21N5O2S. The van der Waals surface area contributed by atoms with E-state index in [2.05, 4.69) is 55.3 Å². The summed E-state index contributed by atoms with van der Waals surface area (Å²) in [4.78, 5) is 13.4. The Bertz CT molecular complexity index is 1640. The fourth-order valence-corrected chi connectivity index (χ4v) is 4.80. The Balaban J connectivity index is 1.48. The maximum atomic E-state index is 11.9. The second kappa shape index (κ2) is 7.38. The number of aromatic nitrogens is 4. The lowest BCUT2D eigenvalue weighted by molar-refractivity contribution is 0.601. The minimum atomic E-state index is -3.35. The van der Waals surface area contributed by atoms with Gasteiger partial charge in [-0.15, -0.1) is 0 Å². The van der Waals surface area contributed by atoms with Crippen molar-refractivity contribution in [2.75, 3.05) is 11.6 Å². The quantitative estimate of drug-likeness (QED) is 0.395. The number of nitrogens with zero attached hydrogens (tertiary/aromatic N) is 4. The SMILES string of the molecule is CS(=O)(=O)c1cncc(Nc2cc(-c3ccc4ccn(C5CC5)c4c3)c3nccnc3c2)c1. The van der Waals surface area contributed by atoms with Crippen molar-refractivity contribution in [2.24, 2.45) is 0 Å². The van der Waals surface area contributed by atoms with Gasteiger partial charge < -0.3 is 9.88 Å². The molecule has 33 heavy (non-hydrogen) atoms. The fourth-order valence-electron chi connectivity index (χ4n) is 4.21. The molecule has 0 bridgehead atoms. The summed E-state index contributed by atoms with van der Waals surface area (Å²) in [6, 6.07) is 14.7. The maximum absolute atomic E-state index is 11.9. The number of fused-ring (bicyclic) bond motifs is 2. The van der Waals surface area contributed by atoms with Gasteiger partial charge >= 0.3 is 0 Å². The van der Waals surface area contributed by atoms with E-state index in [9.17, 15) is 8.42 Å². The summed E-state index contributed by atoms with van der Waals surface area (Å²) in [7, 11) is -3.35. The number of benzene rings is 2. The molecule has 3 aromatic heterocycles. The van der Waals surface area contributed by atoms with Crippen LogP contribution in [0.5, 0.6) is 0 Å². The topological polar surface area (TPSA) is 89.8 Å². The molecule has 0 aliphatic heterocycles. The molecule has 1 saturated carbocycles. The average molecular weight is 456 g/mol. The van der Waals surface area contributed by atoms with Gasteiger partial charge in [0.25, 0.3) is 0 Å². The first-order valence-electron chi connectivity index (χ1n) is 10.7.